The van der Waals surface area contributed by atoms with Gasteiger partial charge in [0.25, 0.3) is 0 Å². The van der Waals surface area contributed by atoms with Crippen LogP contribution in [0, 0.1) is 0 Å². The van der Waals surface area contributed by atoms with E-state index >= 15 is 0 Å². The van der Waals surface area contributed by atoms with Crippen LogP contribution in [0.25, 0.3) is 43.8 Å². The average Bonchev–Trinajstić information content (AvgIpc) is 0.654. The first-order chi connectivity index (χ1) is 43.8. The predicted octanol–water partition coefficient (Wildman–Crippen LogP) is 20.5. The Morgan fingerprint density at radius 1 is 0.298 bits per heavy atom. The molecule has 4 aliphatic heterocycles. The minimum atomic E-state index is -0.0538. The number of rotatable bonds is 3. The van der Waals surface area contributed by atoms with Crippen molar-refractivity contribution in [3.05, 3.63) is 177 Å². The third kappa shape index (κ3) is 8.22. The maximum Gasteiger partial charge on any atom is 0.248 e. The molecule has 0 aromatic heterocycles. The number of benzene rings is 9. The van der Waals surface area contributed by atoms with E-state index in [1.807, 2.05) is 0 Å². The molecule has 8 aliphatic rings. The van der Waals surface area contributed by atoms with Crippen LogP contribution >= 0.6 is 0 Å². The molecule has 4 heterocycles. The van der Waals surface area contributed by atoms with Crippen molar-refractivity contribution in [2.45, 2.75) is 258 Å². The minimum absolute atomic E-state index is 0.00353. The second-order valence-corrected chi connectivity index (χ2v) is 38.7. The fourth-order valence-corrected chi connectivity index (χ4v) is 20.3. The van der Waals surface area contributed by atoms with Crippen molar-refractivity contribution < 1.29 is 0 Å². The zero-order valence-corrected chi connectivity index (χ0v) is 61.3. The van der Waals surface area contributed by atoms with Crippen molar-refractivity contribution in [2.75, 3.05) is 9.80 Å². The third-order valence-corrected chi connectivity index (χ3v) is 26.8. The fraction of sp³-hybridized carbons (Fsp3) is 0.444. The Balaban J connectivity index is 1.10. The van der Waals surface area contributed by atoms with Gasteiger partial charge in [0.2, 0.25) is 13.4 Å². The molecule has 2 nitrogen and oxygen atoms in total. The summed E-state index contributed by atoms with van der Waals surface area (Å²) in [7, 11) is 0. The van der Waals surface area contributed by atoms with E-state index in [4.69, 9.17) is 0 Å². The summed E-state index contributed by atoms with van der Waals surface area (Å²) in [5, 5.41) is 5.65. The first-order valence-electron chi connectivity index (χ1n) is 36.5. The number of fused-ring (bicyclic) bond motifs is 10. The van der Waals surface area contributed by atoms with Gasteiger partial charge >= 0.3 is 0 Å². The summed E-state index contributed by atoms with van der Waals surface area (Å²) in [6.07, 6.45) is 9.35. The van der Waals surface area contributed by atoms with E-state index in [1.165, 1.54) is 192 Å². The molecular weight excluding hydrogens is 1130 g/mol. The second kappa shape index (κ2) is 18.7. The zero-order valence-electron chi connectivity index (χ0n) is 61.3. The molecule has 0 spiro atoms. The van der Waals surface area contributed by atoms with Gasteiger partial charge in [-0.1, -0.05) is 242 Å². The van der Waals surface area contributed by atoms with Gasteiger partial charge in [-0.15, -0.1) is 0 Å². The van der Waals surface area contributed by atoms with Crippen molar-refractivity contribution in [2.24, 2.45) is 0 Å². The fourth-order valence-electron chi connectivity index (χ4n) is 20.3. The lowest BCUT2D eigenvalue weighted by Crippen LogP contribution is -2.66. The van der Waals surface area contributed by atoms with Crippen LogP contribution in [0.1, 0.15) is 259 Å². The molecule has 0 N–H and O–H groups in total. The van der Waals surface area contributed by atoms with E-state index in [2.05, 4.69) is 283 Å². The topological polar surface area (TPSA) is 6.48 Å². The van der Waals surface area contributed by atoms with Crippen molar-refractivity contribution in [1.29, 1.82) is 0 Å². The van der Waals surface area contributed by atoms with E-state index in [9.17, 15) is 0 Å². The van der Waals surface area contributed by atoms with E-state index in [0.29, 0.717) is 0 Å². The lowest BCUT2D eigenvalue weighted by atomic mass is 9.26. The van der Waals surface area contributed by atoms with Gasteiger partial charge in [0.15, 0.2) is 0 Å². The van der Waals surface area contributed by atoms with Gasteiger partial charge in [0.05, 0.1) is 0 Å². The lowest BCUT2D eigenvalue weighted by molar-refractivity contribution is 0.332. The summed E-state index contributed by atoms with van der Waals surface area (Å²) in [6, 6.07) is 52.3. The van der Waals surface area contributed by atoms with E-state index in [-0.39, 0.29) is 67.6 Å². The quantitative estimate of drug-likeness (QED) is 0.128. The van der Waals surface area contributed by atoms with Crippen LogP contribution < -0.4 is 42.6 Å². The number of nitrogens with zero attached hydrogens (tertiary/aromatic N) is 2. The number of hydrogen-bond acceptors (Lipinski definition) is 2. The summed E-state index contributed by atoms with van der Waals surface area (Å²) in [4.78, 5) is 5.69. The molecule has 0 saturated carbocycles. The molecule has 0 radical (unpaired) electrons. The van der Waals surface area contributed by atoms with E-state index < -0.39 is 0 Å². The van der Waals surface area contributed by atoms with Gasteiger partial charge in [0, 0.05) is 34.1 Å². The molecule has 4 heteroatoms. The number of hydrogen-bond donors (Lipinski definition) is 0. The Labute approximate surface area is 565 Å². The smallest absolute Gasteiger partial charge is 0.248 e. The van der Waals surface area contributed by atoms with Crippen molar-refractivity contribution in [3.8, 4) is 22.3 Å². The molecule has 94 heavy (non-hydrogen) atoms. The first-order valence-corrected chi connectivity index (χ1v) is 36.5. The Morgan fingerprint density at radius 2 is 0.628 bits per heavy atom. The first kappa shape index (κ1) is 60.9. The Kier molecular flexibility index (Phi) is 12.1. The van der Waals surface area contributed by atoms with Crippen molar-refractivity contribution in [1.82, 2.24) is 0 Å². The molecule has 9 aromatic carbocycles. The van der Waals surface area contributed by atoms with Crippen LogP contribution in [0.3, 0.4) is 0 Å². The summed E-state index contributed by atoms with van der Waals surface area (Å²) < 4.78 is 0. The second-order valence-electron chi connectivity index (χ2n) is 38.7. The summed E-state index contributed by atoms with van der Waals surface area (Å²) in [5.41, 5.74) is 37.4. The molecule has 17 rings (SSSR count). The Hall–Kier alpha value is -6.77. The predicted molar refractivity (Wildman–Crippen MR) is 410 cm³/mol. The molecule has 0 atom stereocenters. The lowest BCUT2D eigenvalue weighted by Gasteiger charge is -2.50. The van der Waals surface area contributed by atoms with Crippen LogP contribution in [0.4, 0.5) is 34.1 Å². The highest BCUT2D eigenvalue weighted by molar-refractivity contribution is 7.05. The molecule has 9 aromatic rings. The van der Waals surface area contributed by atoms with Gasteiger partial charge in [-0.3, -0.25) is 0 Å². The van der Waals surface area contributed by atoms with Crippen molar-refractivity contribution >= 4 is 102 Å². The molecule has 0 amide bonds. The van der Waals surface area contributed by atoms with Crippen LogP contribution in [0.5, 0.6) is 0 Å². The highest BCUT2D eigenvalue weighted by Crippen LogP contribution is 2.58. The van der Waals surface area contributed by atoms with Crippen LogP contribution in [-0.4, -0.2) is 13.4 Å². The summed E-state index contributed by atoms with van der Waals surface area (Å²) in [6.45, 7) is 54.8. The van der Waals surface area contributed by atoms with Gasteiger partial charge in [-0.2, -0.15) is 0 Å². The monoisotopic (exact) mass is 1230 g/mol. The molecule has 4 aliphatic carbocycles. The largest absolute Gasteiger partial charge is 0.311 e. The molecule has 478 valence electrons. The van der Waals surface area contributed by atoms with Gasteiger partial charge in [0.1, 0.15) is 0 Å². The molecular formula is C90H102B2N2. The van der Waals surface area contributed by atoms with Gasteiger partial charge in [-0.05, 0) is 269 Å². The molecule has 0 saturated heterocycles. The Morgan fingerprint density at radius 3 is 0.979 bits per heavy atom. The van der Waals surface area contributed by atoms with Gasteiger partial charge < -0.3 is 9.80 Å². The molecule has 0 bridgehead atoms. The molecule has 0 fully saturated rings. The Bertz CT molecular complexity index is 4600. The highest BCUT2D eigenvalue weighted by Gasteiger charge is 2.53. The number of anilines is 6. The van der Waals surface area contributed by atoms with Crippen LogP contribution in [0.15, 0.2) is 121 Å². The SMILES string of the molecule is CC(C)(C)c1cc(-c2c3cccc4c3c3c5c(cccc25)B2c5cc6c(cc5N(c5ccc7c(c5)C(C)(C)CCC7(C)C)c5cc7c(c-3c52)B4c2cc3c(cc2N7c2ccc4c(c2)C(C)(C)CCC4(C)C)C(C)(C)CCC3(C)C)C(C)(C)CCC6(C)C)cc(C(C)(C)C)c1. The summed E-state index contributed by atoms with van der Waals surface area (Å²) in [5.74, 6) is 0. The molecule has 0 unspecified atom stereocenters. The van der Waals surface area contributed by atoms with E-state index in [1.54, 1.807) is 0 Å². The standard InChI is InChI=1S/C90H102B2N2/c1-81(2,3)52-41-51(42-53(43-52)82(4,5)6)74-56-25-23-27-66-75(56)77-76-57(74)26-24-28-67(76)92-69-47-63-65(90(21,22)40-38-88(63,17)18)49-71(69)94(55-30-32-59-61(45-55)86(13,14)36-34-84(59,9)10)73-50-72-79(78(77)80(73)92)91(66)68-46-62-64(89(19,20)39-37-87(62,15)16)48-70(68)93(72)54-29-31-58-60(44-54)85(11,12)35-33-83(58,7)8/h23-32,41-50H,33-40H2,1-22H3. The average molecular weight is 1230 g/mol. The van der Waals surface area contributed by atoms with Gasteiger partial charge in [-0.25, -0.2) is 0 Å². The minimum Gasteiger partial charge on any atom is -0.311 e. The van der Waals surface area contributed by atoms with Crippen LogP contribution in [0.2, 0.25) is 0 Å². The normalized spacial score (nSPS) is 20.9. The zero-order chi connectivity index (χ0) is 66.4. The summed E-state index contributed by atoms with van der Waals surface area (Å²) >= 11 is 0. The van der Waals surface area contributed by atoms with Crippen LogP contribution in [-0.2, 0) is 54.1 Å². The maximum atomic E-state index is 2.84. The third-order valence-electron chi connectivity index (χ3n) is 26.8. The highest BCUT2D eigenvalue weighted by atomic mass is 15.2. The van der Waals surface area contributed by atoms with Crippen molar-refractivity contribution in [3.63, 3.8) is 0 Å². The van der Waals surface area contributed by atoms with E-state index in [0.717, 1.165) is 25.7 Å². The maximum absolute atomic E-state index is 2.84.